The van der Waals surface area contributed by atoms with Gasteiger partial charge in [-0.1, -0.05) is 54.6 Å². The zero-order chi connectivity index (χ0) is 13.8. The fourth-order valence-corrected chi connectivity index (χ4v) is 2.23. The van der Waals surface area contributed by atoms with E-state index in [0.29, 0.717) is 0 Å². The van der Waals surface area contributed by atoms with Gasteiger partial charge in [0.05, 0.1) is 5.69 Å². The highest BCUT2D eigenvalue weighted by Crippen LogP contribution is 2.20. The monoisotopic (exact) mass is 260 g/mol. The Morgan fingerprint density at radius 2 is 1.50 bits per heavy atom. The molecule has 0 aliphatic heterocycles. The number of hydrogen-bond acceptors (Lipinski definition) is 2. The van der Waals surface area contributed by atoms with Crippen LogP contribution < -0.4 is 5.73 Å². The third-order valence-electron chi connectivity index (χ3n) is 3.28. The zero-order valence-corrected chi connectivity index (χ0v) is 11.2. The number of hydrogen-bond donors (Lipinski definition) is 1. The fraction of sp³-hybridized carbons (Fsp3) is 0.0556. The Balaban J connectivity index is 1.81. The molecule has 0 bridgehead atoms. The fourth-order valence-electron chi connectivity index (χ4n) is 2.23. The Hall–Kier alpha value is -2.61. The molecule has 0 spiro atoms. The van der Waals surface area contributed by atoms with Crippen molar-refractivity contribution < 1.29 is 0 Å². The summed E-state index contributed by atoms with van der Waals surface area (Å²) in [6.45, 7) is 0. The highest BCUT2D eigenvalue weighted by molar-refractivity contribution is 5.63. The Kier molecular flexibility index (Phi) is 3.46. The zero-order valence-electron chi connectivity index (χ0n) is 11.2. The lowest BCUT2D eigenvalue weighted by Gasteiger charge is -2.05. The van der Waals surface area contributed by atoms with Gasteiger partial charge in [-0.2, -0.15) is 0 Å². The van der Waals surface area contributed by atoms with Gasteiger partial charge in [-0.15, -0.1) is 0 Å². The molecule has 0 unspecified atom stereocenters. The lowest BCUT2D eigenvalue weighted by molar-refractivity contribution is 1.19. The molecule has 2 aromatic carbocycles. The molecule has 2 nitrogen and oxygen atoms in total. The topological polar surface area (TPSA) is 38.9 Å². The number of nitrogens with zero attached hydrogens (tertiary/aromatic N) is 1. The molecular formula is C18H16N2. The molecule has 0 saturated carbocycles. The van der Waals surface area contributed by atoms with E-state index in [9.17, 15) is 0 Å². The number of benzene rings is 2. The van der Waals surface area contributed by atoms with Crippen molar-refractivity contribution in [1.29, 1.82) is 0 Å². The van der Waals surface area contributed by atoms with Crippen LogP contribution in [0.2, 0.25) is 0 Å². The Labute approximate surface area is 118 Å². The molecule has 0 radical (unpaired) electrons. The van der Waals surface area contributed by atoms with Crippen LogP contribution in [0.25, 0.3) is 11.3 Å². The van der Waals surface area contributed by atoms with Crippen LogP contribution in [0.3, 0.4) is 0 Å². The summed E-state index contributed by atoms with van der Waals surface area (Å²) in [5, 5.41) is 0. The molecule has 0 atom stereocenters. The summed E-state index contributed by atoms with van der Waals surface area (Å²) in [7, 11) is 0. The molecule has 0 fully saturated rings. The van der Waals surface area contributed by atoms with E-state index < -0.39 is 0 Å². The average Bonchev–Trinajstić information content (AvgIpc) is 2.49. The van der Waals surface area contributed by atoms with Gasteiger partial charge in [0.2, 0.25) is 0 Å². The van der Waals surface area contributed by atoms with Crippen molar-refractivity contribution in [3.05, 3.63) is 84.1 Å². The van der Waals surface area contributed by atoms with E-state index in [1.165, 1.54) is 11.1 Å². The van der Waals surface area contributed by atoms with Crippen molar-refractivity contribution >= 4 is 5.69 Å². The largest absolute Gasteiger partial charge is 0.399 e. The Bertz CT molecular complexity index is 688. The summed E-state index contributed by atoms with van der Waals surface area (Å²) < 4.78 is 0. The van der Waals surface area contributed by atoms with Crippen LogP contribution >= 0.6 is 0 Å². The van der Waals surface area contributed by atoms with Gasteiger partial charge >= 0.3 is 0 Å². The highest BCUT2D eigenvalue weighted by atomic mass is 14.7. The minimum Gasteiger partial charge on any atom is -0.399 e. The van der Waals surface area contributed by atoms with Crippen LogP contribution in [0.5, 0.6) is 0 Å². The second-order valence-electron chi connectivity index (χ2n) is 4.83. The maximum Gasteiger partial charge on any atom is 0.0722 e. The first kappa shape index (κ1) is 12.4. The molecule has 1 aromatic heterocycles. The van der Waals surface area contributed by atoms with Crippen molar-refractivity contribution in [2.45, 2.75) is 6.42 Å². The van der Waals surface area contributed by atoms with E-state index in [1.54, 1.807) is 12.3 Å². The maximum atomic E-state index is 5.79. The van der Waals surface area contributed by atoms with Crippen LogP contribution in [0.15, 0.2) is 72.9 Å². The predicted molar refractivity (Wildman–Crippen MR) is 83.3 cm³/mol. The van der Waals surface area contributed by atoms with Gasteiger partial charge in [0.1, 0.15) is 0 Å². The molecule has 3 rings (SSSR count). The van der Waals surface area contributed by atoms with E-state index >= 15 is 0 Å². The molecule has 98 valence electrons. The molecular weight excluding hydrogens is 244 g/mol. The van der Waals surface area contributed by atoms with Gasteiger partial charge in [0.25, 0.3) is 0 Å². The van der Waals surface area contributed by atoms with Crippen LogP contribution in [0.1, 0.15) is 11.1 Å². The molecule has 2 heteroatoms. The standard InChI is InChI=1S/C18H16N2/c19-17-10-11-20-18(13-17)16-8-6-15(7-9-16)12-14-4-2-1-3-5-14/h1-11,13H,12H2,(H2,19,20). The second kappa shape index (κ2) is 5.57. The molecule has 0 saturated heterocycles. The first-order valence-electron chi connectivity index (χ1n) is 6.66. The minimum absolute atomic E-state index is 0.739. The van der Waals surface area contributed by atoms with Gasteiger partial charge in [-0.05, 0) is 29.7 Å². The quantitative estimate of drug-likeness (QED) is 0.775. The number of nitrogen functional groups attached to an aromatic ring is 1. The first-order chi connectivity index (χ1) is 9.81. The molecule has 0 amide bonds. The summed E-state index contributed by atoms with van der Waals surface area (Å²) in [5.74, 6) is 0. The SMILES string of the molecule is Nc1ccnc(-c2ccc(Cc3ccccc3)cc2)c1. The molecule has 2 N–H and O–H groups in total. The van der Waals surface area contributed by atoms with Crippen LogP contribution in [0, 0.1) is 0 Å². The van der Waals surface area contributed by atoms with Crippen molar-refractivity contribution in [1.82, 2.24) is 4.98 Å². The summed E-state index contributed by atoms with van der Waals surface area (Å²) in [5.41, 5.74) is 11.1. The smallest absolute Gasteiger partial charge is 0.0722 e. The van der Waals surface area contributed by atoms with Crippen LogP contribution in [-0.2, 0) is 6.42 Å². The van der Waals surface area contributed by atoms with Crippen LogP contribution in [-0.4, -0.2) is 4.98 Å². The summed E-state index contributed by atoms with van der Waals surface area (Å²) in [6, 6.07) is 22.7. The van der Waals surface area contributed by atoms with Gasteiger partial charge < -0.3 is 5.73 Å². The summed E-state index contributed by atoms with van der Waals surface area (Å²) in [6.07, 6.45) is 2.69. The number of rotatable bonds is 3. The number of nitrogens with two attached hydrogens (primary N) is 1. The van der Waals surface area contributed by atoms with Crippen molar-refractivity contribution in [2.75, 3.05) is 5.73 Å². The minimum atomic E-state index is 0.739. The van der Waals surface area contributed by atoms with E-state index in [4.69, 9.17) is 5.73 Å². The molecule has 20 heavy (non-hydrogen) atoms. The van der Waals surface area contributed by atoms with E-state index in [1.807, 2.05) is 12.1 Å². The second-order valence-corrected chi connectivity index (χ2v) is 4.83. The Morgan fingerprint density at radius 1 is 0.800 bits per heavy atom. The number of anilines is 1. The van der Waals surface area contributed by atoms with Gasteiger partial charge in [0, 0.05) is 17.4 Å². The summed E-state index contributed by atoms with van der Waals surface area (Å²) >= 11 is 0. The van der Waals surface area contributed by atoms with Crippen molar-refractivity contribution in [3.8, 4) is 11.3 Å². The van der Waals surface area contributed by atoms with E-state index in [2.05, 4.69) is 53.5 Å². The normalized spacial score (nSPS) is 10.4. The van der Waals surface area contributed by atoms with Crippen LogP contribution in [0.4, 0.5) is 5.69 Å². The number of pyridine rings is 1. The van der Waals surface area contributed by atoms with Gasteiger partial charge in [0.15, 0.2) is 0 Å². The first-order valence-corrected chi connectivity index (χ1v) is 6.66. The molecule has 3 aromatic rings. The lowest BCUT2D eigenvalue weighted by Crippen LogP contribution is -1.90. The third kappa shape index (κ3) is 2.86. The number of aromatic nitrogens is 1. The third-order valence-corrected chi connectivity index (χ3v) is 3.28. The van der Waals surface area contributed by atoms with Crippen molar-refractivity contribution in [2.24, 2.45) is 0 Å². The highest BCUT2D eigenvalue weighted by Gasteiger charge is 2.01. The molecule has 1 heterocycles. The van der Waals surface area contributed by atoms with E-state index in [-0.39, 0.29) is 0 Å². The van der Waals surface area contributed by atoms with E-state index in [0.717, 1.165) is 23.4 Å². The van der Waals surface area contributed by atoms with Gasteiger partial charge in [-0.25, -0.2) is 0 Å². The average molecular weight is 260 g/mol. The van der Waals surface area contributed by atoms with Crippen molar-refractivity contribution in [3.63, 3.8) is 0 Å². The maximum absolute atomic E-state index is 5.79. The lowest BCUT2D eigenvalue weighted by atomic mass is 10.0. The molecule has 0 aliphatic carbocycles. The molecule has 0 aliphatic rings. The van der Waals surface area contributed by atoms with Gasteiger partial charge in [-0.3, -0.25) is 4.98 Å². The Morgan fingerprint density at radius 3 is 2.20 bits per heavy atom. The predicted octanol–water partition coefficient (Wildman–Crippen LogP) is 3.92. The summed E-state index contributed by atoms with van der Waals surface area (Å²) in [4.78, 5) is 4.34.